The van der Waals surface area contributed by atoms with Gasteiger partial charge in [-0.25, -0.2) is 9.97 Å². The number of hydrogen-bond acceptors (Lipinski definition) is 3. The number of methoxy groups -OCH3 is 1. The van der Waals surface area contributed by atoms with Crippen molar-refractivity contribution < 1.29 is 4.74 Å². The normalized spacial score (nSPS) is 12.7. The quantitative estimate of drug-likeness (QED) is 0.780. The highest BCUT2D eigenvalue weighted by atomic mass is 16.5. The number of pyridine rings is 1. The van der Waals surface area contributed by atoms with E-state index in [1.807, 2.05) is 49.5 Å². The van der Waals surface area contributed by atoms with Crippen LogP contribution in [-0.4, -0.2) is 22.1 Å². The molecule has 0 bridgehead atoms. The number of rotatable bonds is 3. The number of nitrogens with one attached hydrogen (secondary N) is 1. The SMILES string of the molecule is COC(c1ccccc1)c1nc2ncc(C)cc2[nH]1. The summed E-state index contributed by atoms with van der Waals surface area (Å²) in [6.45, 7) is 2.01. The fourth-order valence-corrected chi connectivity index (χ4v) is 2.18. The molecule has 0 saturated carbocycles. The Morgan fingerprint density at radius 3 is 2.74 bits per heavy atom. The number of imidazole rings is 1. The van der Waals surface area contributed by atoms with Gasteiger partial charge in [-0.15, -0.1) is 0 Å². The maximum absolute atomic E-state index is 5.56. The first kappa shape index (κ1) is 11.9. The van der Waals surface area contributed by atoms with Crippen LogP contribution < -0.4 is 0 Å². The standard InChI is InChI=1S/C15H15N3O/c1-10-8-12-14(16-9-10)18-15(17-12)13(19-2)11-6-4-3-5-7-11/h3-9,13H,1-2H3,(H,16,17,18). The smallest absolute Gasteiger partial charge is 0.177 e. The summed E-state index contributed by atoms with van der Waals surface area (Å²) in [7, 11) is 1.68. The van der Waals surface area contributed by atoms with Gasteiger partial charge in [0.15, 0.2) is 5.65 Å². The lowest BCUT2D eigenvalue weighted by Gasteiger charge is -2.12. The van der Waals surface area contributed by atoms with Gasteiger partial charge in [-0.1, -0.05) is 30.3 Å². The van der Waals surface area contributed by atoms with E-state index >= 15 is 0 Å². The minimum Gasteiger partial charge on any atom is -0.369 e. The first-order valence-electron chi connectivity index (χ1n) is 6.18. The molecule has 0 spiro atoms. The van der Waals surface area contributed by atoms with E-state index in [1.54, 1.807) is 7.11 Å². The fourth-order valence-electron chi connectivity index (χ4n) is 2.18. The number of aromatic nitrogens is 3. The Kier molecular flexibility index (Phi) is 3.01. The molecule has 0 amide bonds. The molecule has 96 valence electrons. The van der Waals surface area contributed by atoms with E-state index in [1.165, 1.54) is 0 Å². The summed E-state index contributed by atoms with van der Waals surface area (Å²) in [5.74, 6) is 0.779. The lowest BCUT2D eigenvalue weighted by molar-refractivity contribution is 0.130. The summed E-state index contributed by atoms with van der Waals surface area (Å²) in [4.78, 5) is 12.1. The molecule has 0 aliphatic rings. The third-order valence-corrected chi connectivity index (χ3v) is 3.08. The number of nitrogens with zero attached hydrogens (tertiary/aromatic N) is 2. The van der Waals surface area contributed by atoms with Crippen LogP contribution in [0.4, 0.5) is 0 Å². The average Bonchev–Trinajstić information content (AvgIpc) is 2.83. The molecule has 0 aliphatic heterocycles. The predicted octanol–water partition coefficient (Wildman–Crippen LogP) is 3.00. The lowest BCUT2D eigenvalue weighted by atomic mass is 10.1. The summed E-state index contributed by atoms with van der Waals surface area (Å²) >= 11 is 0. The Labute approximate surface area is 111 Å². The Morgan fingerprint density at radius 2 is 2.00 bits per heavy atom. The van der Waals surface area contributed by atoms with E-state index in [0.29, 0.717) is 0 Å². The van der Waals surface area contributed by atoms with Gasteiger partial charge in [0.05, 0.1) is 5.52 Å². The summed E-state index contributed by atoms with van der Waals surface area (Å²) < 4.78 is 5.56. The van der Waals surface area contributed by atoms with E-state index in [9.17, 15) is 0 Å². The van der Waals surface area contributed by atoms with Gasteiger partial charge in [0.25, 0.3) is 0 Å². The molecule has 1 aromatic carbocycles. The van der Waals surface area contributed by atoms with Crippen molar-refractivity contribution in [2.45, 2.75) is 13.0 Å². The maximum atomic E-state index is 5.56. The lowest BCUT2D eigenvalue weighted by Crippen LogP contribution is -2.05. The molecule has 0 radical (unpaired) electrons. The van der Waals surface area contributed by atoms with Crippen molar-refractivity contribution in [2.75, 3.05) is 7.11 Å². The molecule has 0 aliphatic carbocycles. The van der Waals surface area contributed by atoms with Crippen LogP contribution in [0.3, 0.4) is 0 Å². The van der Waals surface area contributed by atoms with Gasteiger partial charge in [0, 0.05) is 13.3 Å². The van der Waals surface area contributed by atoms with E-state index in [2.05, 4.69) is 15.0 Å². The molecule has 4 nitrogen and oxygen atoms in total. The zero-order valence-corrected chi connectivity index (χ0v) is 10.9. The van der Waals surface area contributed by atoms with Crippen LogP contribution in [0.25, 0.3) is 11.2 Å². The molecule has 1 atom stereocenters. The third kappa shape index (κ3) is 2.22. The van der Waals surface area contributed by atoms with E-state index in [0.717, 1.165) is 28.1 Å². The zero-order chi connectivity index (χ0) is 13.2. The van der Waals surface area contributed by atoms with Gasteiger partial charge >= 0.3 is 0 Å². The monoisotopic (exact) mass is 253 g/mol. The second kappa shape index (κ2) is 4.82. The topological polar surface area (TPSA) is 50.8 Å². The molecular formula is C15H15N3O. The van der Waals surface area contributed by atoms with Crippen LogP contribution in [0.1, 0.15) is 23.1 Å². The number of aromatic amines is 1. The first-order chi connectivity index (χ1) is 9.28. The number of aryl methyl sites for hydroxylation is 1. The molecule has 3 rings (SSSR count). The molecule has 1 unspecified atom stereocenters. The molecular weight excluding hydrogens is 238 g/mol. The number of benzene rings is 1. The van der Waals surface area contributed by atoms with E-state index < -0.39 is 0 Å². The summed E-state index contributed by atoms with van der Waals surface area (Å²) in [6, 6.07) is 12.1. The predicted molar refractivity (Wildman–Crippen MR) is 73.9 cm³/mol. The minimum absolute atomic E-state index is 0.198. The molecule has 4 heteroatoms. The van der Waals surface area contributed by atoms with Crippen LogP contribution >= 0.6 is 0 Å². The highest BCUT2D eigenvalue weighted by Crippen LogP contribution is 2.24. The molecule has 0 saturated heterocycles. The van der Waals surface area contributed by atoms with Crippen LogP contribution in [0, 0.1) is 6.92 Å². The van der Waals surface area contributed by atoms with Gasteiger partial charge in [0.2, 0.25) is 0 Å². The van der Waals surface area contributed by atoms with Crippen LogP contribution in [0.15, 0.2) is 42.6 Å². The molecule has 2 heterocycles. The van der Waals surface area contributed by atoms with Crippen molar-refractivity contribution in [3.63, 3.8) is 0 Å². The molecule has 19 heavy (non-hydrogen) atoms. The summed E-state index contributed by atoms with van der Waals surface area (Å²) in [5, 5.41) is 0. The maximum Gasteiger partial charge on any atom is 0.177 e. The number of fused-ring (bicyclic) bond motifs is 1. The fraction of sp³-hybridized carbons (Fsp3) is 0.200. The molecule has 2 aromatic heterocycles. The van der Waals surface area contributed by atoms with Crippen LogP contribution in [0.2, 0.25) is 0 Å². The van der Waals surface area contributed by atoms with Crippen LogP contribution in [0.5, 0.6) is 0 Å². The number of ether oxygens (including phenoxy) is 1. The first-order valence-corrected chi connectivity index (χ1v) is 6.18. The van der Waals surface area contributed by atoms with Crippen molar-refractivity contribution in [3.8, 4) is 0 Å². The second-order valence-corrected chi connectivity index (χ2v) is 4.53. The van der Waals surface area contributed by atoms with Crippen molar-refractivity contribution in [1.29, 1.82) is 0 Å². The summed E-state index contributed by atoms with van der Waals surface area (Å²) in [6.07, 6.45) is 1.62. The molecule has 0 fully saturated rings. The Hall–Kier alpha value is -2.20. The summed E-state index contributed by atoms with van der Waals surface area (Å²) in [5.41, 5.74) is 3.84. The number of H-pyrrole nitrogens is 1. The average molecular weight is 253 g/mol. The number of hydrogen-bond donors (Lipinski definition) is 1. The largest absolute Gasteiger partial charge is 0.369 e. The van der Waals surface area contributed by atoms with Gasteiger partial charge in [0.1, 0.15) is 11.9 Å². The van der Waals surface area contributed by atoms with Crippen LogP contribution in [-0.2, 0) is 4.74 Å². The highest BCUT2D eigenvalue weighted by Gasteiger charge is 2.17. The van der Waals surface area contributed by atoms with Gasteiger partial charge in [-0.05, 0) is 24.1 Å². The zero-order valence-electron chi connectivity index (χ0n) is 10.9. The van der Waals surface area contributed by atoms with Gasteiger partial charge < -0.3 is 9.72 Å². The third-order valence-electron chi connectivity index (χ3n) is 3.08. The van der Waals surface area contributed by atoms with Gasteiger partial charge in [-0.3, -0.25) is 0 Å². The van der Waals surface area contributed by atoms with Crippen molar-refractivity contribution >= 4 is 11.2 Å². The van der Waals surface area contributed by atoms with E-state index in [4.69, 9.17) is 4.74 Å². The van der Waals surface area contributed by atoms with Crippen molar-refractivity contribution in [1.82, 2.24) is 15.0 Å². The van der Waals surface area contributed by atoms with Crippen molar-refractivity contribution in [2.24, 2.45) is 0 Å². The molecule has 3 aromatic rings. The Bertz CT molecular complexity index is 691. The van der Waals surface area contributed by atoms with Crippen molar-refractivity contribution in [3.05, 3.63) is 59.5 Å². The Balaban J connectivity index is 2.07. The minimum atomic E-state index is -0.198. The highest BCUT2D eigenvalue weighted by molar-refractivity contribution is 5.71. The van der Waals surface area contributed by atoms with Gasteiger partial charge in [-0.2, -0.15) is 0 Å². The molecule has 1 N–H and O–H groups in total. The second-order valence-electron chi connectivity index (χ2n) is 4.53. The Morgan fingerprint density at radius 1 is 1.21 bits per heavy atom. The van der Waals surface area contributed by atoms with E-state index in [-0.39, 0.29) is 6.10 Å².